The minimum absolute atomic E-state index is 0.170. The summed E-state index contributed by atoms with van der Waals surface area (Å²) < 4.78 is 6.68. The van der Waals surface area contributed by atoms with Crippen molar-refractivity contribution in [3.63, 3.8) is 0 Å². The number of anilines is 1. The predicted molar refractivity (Wildman–Crippen MR) is 85.2 cm³/mol. The van der Waals surface area contributed by atoms with Gasteiger partial charge in [0.2, 0.25) is 5.91 Å². The van der Waals surface area contributed by atoms with Crippen molar-refractivity contribution in [2.75, 3.05) is 32.1 Å². The van der Waals surface area contributed by atoms with Gasteiger partial charge in [-0.1, -0.05) is 0 Å². The summed E-state index contributed by atoms with van der Waals surface area (Å²) in [7, 11) is 1.62. The van der Waals surface area contributed by atoms with Crippen LogP contribution in [0.2, 0.25) is 0 Å². The summed E-state index contributed by atoms with van der Waals surface area (Å²) in [6, 6.07) is 2.29. The smallest absolute Gasteiger partial charge is 0.254 e. The van der Waals surface area contributed by atoms with Crippen LogP contribution >= 0.6 is 0 Å². The standard InChI is InChI=1S/C15H22N6O2/c1-11-9-13(21-15(18-11)16-10-17-21)19-12-3-6-20(7-4-12)14(22)5-8-23-2/h9-10,12,19H,3-8H2,1-2H3. The van der Waals surface area contributed by atoms with E-state index in [9.17, 15) is 4.79 Å². The molecule has 2 aromatic rings. The number of ether oxygens (including phenoxy) is 1. The molecule has 0 aliphatic carbocycles. The number of carbonyl (C=O) groups excluding carboxylic acids is 1. The van der Waals surface area contributed by atoms with Gasteiger partial charge in [-0.2, -0.15) is 14.6 Å². The summed E-state index contributed by atoms with van der Waals surface area (Å²) in [6.07, 6.45) is 3.79. The first-order valence-corrected chi connectivity index (χ1v) is 7.88. The van der Waals surface area contributed by atoms with Crippen LogP contribution in [0.5, 0.6) is 0 Å². The maximum atomic E-state index is 12.0. The second kappa shape index (κ2) is 6.91. The van der Waals surface area contributed by atoms with Crippen LogP contribution in [0.25, 0.3) is 5.78 Å². The maximum absolute atomic E-state index is 12.0. The Bertz CT molecular complexity index is 678. The van der Waals surface area contributed by atoms with Crippen LogP contribution in [0.15, 0.2) is 12.4 Å². The van der Waals surface area contributed by atoms with Crippen LogP contribution in [0.3, 0.4) is 0 Å². The lowest BCUT2D eigenvalue weighted by atomic mass is 10.0. The summed E-state index contributed by atoms with van der Waals surface area (Å²) in [5.74, 6) is 1.66. The summed E-state index contributed by atoms with van der Waals surface area (Å²) >= 11 is 0. The van der Waals surface area contributed by atoms with Gasteiger partial charge in [0.15, 0.2) is 0 Å². The molecule has 0 unspecified atom stereocenters. The summed E-state index contributed by atoms with van der Waals surface area (Å²) in [5.41, 5.74) is 0.903. The minimum Gasteiger partial charge on any atom is -0.384 e. The molecule has 124 valence electrons. The second-order valence-electron chi connectivity index (χ2n) is 5.80. The van der Waals surface area contributed by atoms with Gasteiger partial charge < -0.3 is 15.0 Å². The van der Waals surface area contributed by atoms with E-state index in [0.717, 1.165) is 37.4 Å². The lowest BCUT2D eigenvalue weighted by Gasteiger charge is -2.33. The Hall–Kier alpha value is -2.22. The maximum Gasteiger partial charge on any atom is 0.254 e. The molecule has 2 aromatic heterocycles. The molecule has 1 fully saturated rings. The number of nitrogens with one attached hydrogen (secondary N) is 1. The number of nitrogens with zero attached hydrogens (tertiary/aromatic N) is 5. The van der Waals surface area contributed by atoms with Crippen LogP contribution in [0.1, 0.15) is 25.0 Å². The van der Waals surface area contributed by atoms with Crippen molar-refractivity contribution in [1.29, 1.82) is 0 Å². The number of aromatic nitrogens is 4. The van der Waals surface area contributed by atoms with Gasteiger partial charge in [-0.3, -0.25) is 4.79 Å². The highest BCUT2D eigenvalue weighted by Gasteiger charge is 2.23. The molecule has 0 bridgehead atoms. The third kappa shape index (κ3) is 3.58. The Balaban J connectivity index is 1.60. The van der Waals surface area contributed by atoms with Crippen molar-refractivity contribution in [2.24, 2.45) is 0 Å². The average Bonchev–Trinajstić information content (AvgIpc) is 3.01. The number of amides is 1. The van der Waals surface area contributed by atoms with Gasteiger partial charge in [0.25, 0.3) is 5.78 Å². The third-order valence-electron chi connectivity index (χ3n) is 4.10. The highest BCUT2D eigenvalue weighted by Crippen LogP contribution is 2.18. The van der Waals surface area contributed by atoms with E-state index in [4.69, 9.17) is 4.74 Å². The highest BCUT2D eigenvalue weighted by molar-refractivity contribution is 5.76. The van der Waals surface area contributed by atoms with Gasteiger partial charge in [-0.25, -0.2) is 4.98 Å². The van der Waals surface area contributed by atoms with Crippen molar-refractivity contribution in [3.8, 4) is 0 Å². The van der Waals surface area contributed by atoms with E-state index in [2.05, 4.69) is 20.4 Å². The van der Waals surface area contributed by atoms with E-state index in [-0.39, 0.29) is 5.91 Å². The average molecular weight is 318 g/mol. The molecule has 8 nitrogen and oxygen atoms in total. The van der Waals surface area contributed by atoms with E-state index in [1.54, 1.807) is 11.6 Å². The first-order chi connectivity index (χ1) is 11.2. The first kappa shape index (κ1) is 15.7. The predicted octanol–water partition coefficient (Wildman–Crippen LogP) is 0.872. The largest absolute Gasteiger partial charge is 0.384 e. The number of rotatable bonds is 5. The molecule has 1 amide bonds. The molecule has 1 N–H and O–H groups in total. The SMILES string of the molecule is COCCC(=O)N1CCC(Nc2cc(C)nc3ncnn23)CC1. The molecule has 23 heavy (non-hydrogen) atoms. The Morgan fingerprint density at radius 2 is 2.22 bits per heavy atom. The zero-order valence-corrected chi connectivity index (χ0v) is 13.5. The molecule has 0 saturated carbocycles. The number of carbonyl (C=O) groups is 1. The number of likely N-dealkylation sites (tertiary alicyclic amines) is 1. The molecule has 1 saturated heterocycles. The first-order valence-electron chi connectivity index (χ1n) is 7.88. The molecule has 0 atom stereocenters. The number of fused-ring (bicyclic) bond motifs is 1. The Morgan fingerprint density at radius 3 is 2.96 bits per heavy atom. The highest BCUT2D eigenvalue weighted by atomic mass is 16.5. The second-order valence-corrected chi connectivity index (χ2v) is 5.80. The molecular formula is C15H22N6O2. The molecule has 0 spiro atoms. The van der Waals surface area contributed by atoms with Gasteiger partial charge in [0.05, 0.1) is 13.0 Å². The lowest BCUT2D eigenvalue weighted by molar-refractivity contribution is -0.133. The summed E-state index contributed by atoms with van der Waals surface area (Å²) in [4.78, 5) is 22.4. The van der Waals surface area contributed by atoms with Crippen LogP contribution in [0.4, 0.5) is 5.82 Å². The molecule has 8 heteroatoms. The molecule has 3 rings (SSSR count). The number of hydrogen-bond acceptors (Lipinski definition) is 6. The lowest BCUT2D eigenvalue weighted by Crippen LogP contribution is -2.42. The molecular weight excluding hydrogens is 296 g/mol. The van der Waals surface area contributed by atoms with Gasteiger partial charge >= 0.3 is 0 Å². The van der Waals surface area contributed by atoms with Crippen molar-refractivity contribution in [2.45, 2.75) is 32.2 Å². The van der Waals surface area contributed by atoms with Crippen molar-refractivity contribution in [3.05, 3.63) is 18.1 Å². The van der Waals surface area contributed by atoms with Crippen LogP contribution in [-0.2, 0) is 9.53 Å². The Labute approximate surface area is 134 Å². The minimum atomic E-state index is 0.170. The number of aryl methyl sites for hydroxylation is 1. The van der Waals surface area contributed by atoms with Gasteiger partial charge in [0.1, 0.15) is 12.1 Å². The van der Waals surface area contributed by atoms with E-state index in [1.807, 2.05) is 17.9 Å². The molecule has 0 radical (unpaired) electrons. The normalized spacial score (nSPS) is 16.0. The fourth-order valence-corrected chi connectivity index (χ4v) is 2.86. The number of hydrogen-bond donors (Lipinski definition) is 1. The third-order valence-corrected chi connectivity index (χ3v) is 4.10. The zero-order valence-electron chi connectivity index (χ0n) is 13.5. The van der Waals surface area contributed by atoms with Crippen molar-refractivity contribution >= 4 is 17.5 Å². The molecule has 0 aromatic carbocycles. The number of methoxy groups -OCH3 is 1. The molecule has 3 heterocycles. The van der Waals surface area contributed by atoms with E-state index in [1.165, 1.54) is 6.33 Å². The van der Waals surface area contributed by atoms with Gasteiger partial charge in [-0.05, 0) is 19.8 Å². The molecule has 1 aliphatic rings. The zero-order chi connectivity index (χ0) is 16.2. The van der Waals surface area contributed by atoms with Crippen LogP contribution < -0.4 is 5.32 Å². The van der Waals surface area contributed by atoms with Crippen LogP contribution in [0, 0.1) is 6.92 Å². The Kier molecular flexibility index (Phi) is 4.71. The van der Waals surface area contributed by atoms with Gasteiger partial charge in [-0.15, -0.1) is 0 Å². The van der Waals surface area contributed by atoms with E-state index >= 15 is 0 Å². The topological polar surface area (TPSA) is 84.6 Å². The van der Waals surface area contributed by atoms with E-state index in [0.29, 0.717) is 24.8 Å². The Morgan fingerprint density at radius 1 is 1.43 bits per heavy atom. The quantitative estimate of drug-likeness (QED) is 0.880. The fourth-order valence-electron chi connectivity index (χ4n) is 2.86. The van der Waals surface area contributed by atoms with Gasteiger partial charge in [0, 0.05) is 38.0 Å². The van der Waals surface area contributed by atoms with Crippen molar-refractivity contribution < 1.29 is 9.53 Å². The molecule has 1 aliphatic heterocycles. The summed E-state index contributed by atoms with van der Waals surface area (Å²) in [6.45, 7) is 3.96. The van der Waals surface area contributed by atoms with E-state index < -0.39 is 0 Å². The van der Waals surface area contributed by atoms with Crippen LogP contribution in [-0.4, -0.2) is 63.2 Å². The number of piperidine rings is 1. The monoisotopic (exact) mass is 318 g/mol. The fraction of sp³-hybridized carbons (Fsp3) is 0.600. The summed E-state index contributed by atoms with van der Waals surface area (Å²) in [5, 5.41) is 7.72. The van der Waals surface area contributed by atoms with Crippen molar-refractivity contribution in [1.82, 2.24) is 24.5 Å².